The predicted octanol–water partition coefficient (Wildman–Crippen LogP) is 4.58. The van der Waals surface area contributed by atoms with Crippen LogP contribution in [-0.4, -0.2) is 29.8 Å². The van der Waals surface area contributed by atoms with Crippen LogP contribution < -0.4 is 5.32 Å². The number of hydrogen-bond donors (Lipinski definition) is 1. The predicted molar refractivity (Wildman–Crippen MR) is 85.9 cm³/mol. The van der Waals surface area contributed by atoms with E-state index in [1.54, 1.807) is 0 Å². The van der Waals surface area contributed by atoms with Crippen molar-refractivity contribution in [2.75, 3.05) is 23.4 Å². The van der Waals surface area contributed by atoms with E-state index in [0.717, 1.165) is 37.2 Å². The first kappa shape index (κ1) is 15.6. The lowest BCUT2D eigenvalue weighted by molar-refractivity contribution is -0.0865. The summed E-state index contributed by atoms with van der Waals surface area (Å²) in [7, 11) is 0. The molecule has 1 N–H and O–H groups in total. The van der Waals surface area contributed by atoms with E-state index in [1.165, 1.54) is 12.1 Å². The zero-order chi connectivity index (χ0) is 14.9. The van der Waals surface area contributed by atoms with Crippen molar-refractivity contribution in [1.82, 2.24) is 0 Å². The summed E-state index contributed by atoms with van der Waals surface area (Å²) >= 11 is 4.96. The van der Waals surface area contributed by atoms with Gasteiger partial charge < -0.3 is 10.1 Å². The van der Waals surface area contributed by atoms with Crippen LogP contribution in [0.3, 0.4) is 0 Å². The fourth-order valence-electron chi connectivity index (χ4n) is 3.10. The second-order valence-corrected chi connectivity index (χ2v) is 7.80. The molecule has 0 bridgehead atoms. The molecule has 2 aliphatic heterocycles. The molecule has 0 aliphatic carbocycles. The second-order valence-electron chi connectivity index (χ2n) is 5.72. The van der Waals surface area contributed by atoms with Crippen LogP contribution in [-0.2, 0) is 4.74 Å². The van der Waals surface area contributed by atoms with Crippen LogP contribution in [0.25, 0.3) is 0 Å². The van der Waals surface area contributed by atoms with Gasteiger partial charge in [0, 0.05) is 18.7 Å². The molecule has 0 aromatic heterocycles. The molecule has 6 heteroatoms. The maximum atomic E-state index is 13.9. The highest BCUT2D eigenvalue weighted by atomic mass is 79.9. The minimum absolute atomic E-state index is 0.0639. The lowest BCUT2D eigenvalue weighted by Crippen LogP contribution is -2.46. The molecule has 1 unspecified atom stereocenters. The van der Waals surface area contributed by atoms with Crippen molar-refractivity contribution in [3.05, 3.63) is 28.2 Å². The number of halogens is 3. The number of ether oxygens (including phenoxy) is 1. The van der Waals surface area contributed by atoms with Crippen LogP contribution in [0, 0.1) is 11.6 Å². The summed E-state index contributed by atoms with van der Waals surface area (Å²) in [6.07, 6.45) is 3.79. The summed E-state index contributed by atoms with van der Waals surface area (Å²) in [6, 6.07) is 2.53. The van der Waals surface area contributed by atoms with Gasteiger partial charge in [0.25, 0.3) is 0 Å². The van der Waals surface area contributed by atoms with Gasteiger partial charge in [0.1, 0.15) is 11.6 Å². The van der Waals surface area contributed by atoms with Gasteiger partial charge in [0.2, 0.25) is 0 Å². The highest BCUT2D eigenvalue weighted by Crippen LogP contribution is 2.38. The first-order valence-electron chi connectivity index (χ1n) is 7.21. The van der Waals surface area contributed by atoms with Crippen molar-refractivity contribution in [3.8, 4) is 0 Å². The van der Waals surface area contributed by atoms with Gasteiger partial charge in [-0.05, 0) is 59.2 Å². The van der Waals surface area contributed by atoms with Crippen molar-refractivity contribution in [2.24, 2.45) is 0 Å². The summed E-state index contributed by atoms with van der Waals surface area (Å²) in [4.78, 5) is 0. The Labute approximate surface area is 136 Å². The summed E-state index contributed by atoms with van der Waals surface area (Å²) in [5, 5.41) is 3.17. The Hall–Kier alpha value is -0.330. The zero-order valence-electron chi connectivity index (χ0n) is 11.6. The molecule has 1 spiro atoms. The number of hydrogen-bond acceptors (Lipinski definition) is 3. The molecule has 2 nitrogen and oxygen atoms in total. The van der Waals surface area contributed by atoms with Crippen LogP contribution in [0.2, 0.25) is 0 Å². The third kappa shape index (κ3) is 3.54. The first-order valence-corrected chi connectivity index (χ1v) is 9.16. The van der Waals surface area contributed by atoms with E-state index in [1.807, 2.05) is 11.8 Å². The van der Waals surface area contributed by atoms with Gasteiger partial charge in [-0.3, -0.25) is 0 Å². The van der Waals surface area contributed by atoms with Crippen molar-refractivity contribution < 1.29 is 13.5 Å². The highest BCUT2D eigenvalue weighted by Gasteiger charge is 2.38. The molecule has 2 saturated heterocycles. The van der Waals surface area contributed by atoms with Crippen molar-refractivity contribution in [1.29, 1.82) is 0 Å². The molecule has 2 fully saturated rings. The Morgan fingerprint density at radius 1 is 1.24 bits per heavy atom. The largest absolute Gasteiger partial charge is 0.380 e. The van der Waals surface area contributed by atoms with Gasteiger partial charge in [0.05, 0.1) is 15.8 Å². The maximum absolute atomic E-state index is 13.9. The van der Waals surface area contributed by atoms with Gasteiger partial charge in [-0.2, -0.15) is 11.8 Å². The minimum Gasteiger partial charge on any atom is -0.380 e. The highest BCUT2D eigenvalue weighted by molar-refractivity contribution is 9.10. The monoisotopic (exact) mass is 377 g/mol. The van der Waals surface area contributed by atoms with Crippen LogP contribution in [0.1, 0.15) is 25.7 Å². The molecule has 1 aromatic rings. The number of anilines is 1. The summed E-state index contributed by atoms with van der Waals surface area (Å²) in [5.41, 5.74) is 0.175. The molecule has 0 radical (unpaired) electrons. The van der Waals surface area contributed by atoms with Gasteiger partial charge in [-0.1, -0.05) is 0 Å². The van der Waals surface area contributed by atoms with E-state index >= 15 is 0 Å². The Morgan fingerprint density at radius 3 is 2.76 bits per heavy atom. The Balaban J connectivity index is 1.71. The van der Waals surface area contributed by atoms with E-state index in [2.05, 4.69) is 21.2 Å². The lowest BCUT2D eigenvalue weighted by Gasteiger charge is -2.43. The van der Waals surface area contributed by atoms with Crippen molar-refractivity contribution >= 4 is 33.4 Å². The van der Waals surface area contributed by atoms with Gasteiger partial charge in [0.15, 0.2) is 0 Å². The average Bonchev–Trinajstić information content (AvgIpc) is 2.46. The van der Waals surface area contributed by atoms with Crippen molar-refractivity contribution in [3.63, 3.8) is 0 Å². The summed E-state index contributed by atoms with van der Waals surface area (Å²) in [6.45, 7) is 0.683. The fraction of sp³-hybridized carbons (Fsp3) is 0.600. The Bertz CT molecular complexity index is 517. The second kappa shape index (κ2) is 6.42. The van der Waals surface area contributed by atoms with Gasteiger partial charge in [-0.25, -0.2) is 8.78 Å². The van der Waals surface area contributed by atoms with Crippen LogP contribution >= 0.6 is 27.7 Å². The van der Waals surface area contributed by atoms with E-state index in [0.29, 0.717) is 6.61 Å². The Kier molecular flexibility index (Phi) is 4.76. The van der Waals surface area contributed by atoms with Crippen LogP contribution in [0.4, 0.5) is 14.5 Å². The number of benzene rings is 1. The molecular formula is C15H18BrF2NOS. The molecule has 0 amide bonds. The maximum Gasteiger partial charge on any atom is 0.147 e. The molecule has 21 heavy (non-hydrogen) atoms. The summed E-state index contributed by atoms with van der Waals surface area (Å²) in [5.74, 6) is 1.36. The van der Waals surface area contributed by atoms with Gasteiger partial charge >= 0.3 is 0 Å². The van der Waals surface area contributed by atoms with Crippen LogP contribution in [0.15, 0.2) is 16.6 Å². The third-order valence-electron chi connectivity index (χ3n) is 4.27. The molecular weight excluding hydrogens is 360 g/mol. The van der Waals surface area contributed by atoms with E-state index < -0.39 is 11.6 Å². The number of rotatable bonds is 2. The lowest BCUT2D eigenvalue weighted by atomic mass is 9.85. The topological polar surface area (TPSA) is 21.3 Å². The zero-order valence-corrected chi connectivity index (χ0v) is 14.0. The fourth-order valence-corrected chi connectivity index (χ4v) is 4.65. The minimum atomic E-state index is -0.449. The molecule has 2 heterocycles. The van der Waals surface area contributed by atoms with E-state index in [-0.39, 0.29) is 21.8 Å². The summed E-state index contributed by atoms with van der Waals surface area (Å²) < 4.78 is 33.7. The van der Waals surface area contributed by atoms with Crippen LogP contribution in [0.5, 0.6) is 0 Å². The van der Waals surface area contributed by atoms with Gasteiger partial charge in [-0.15, -0.1) is 0 Å². The standard InChI is InChI=1S/C15H18BrF2NOS/c16-11-7-13(18)14(8-12(11)17)19-10-1-4-20-15(9-10)2-5-21-6-3-15/h7-8,10,19H,1-6,9H2. The smallest absolute Gasteiger partial charge is 0.147 e. The average molecular weight is 378 g/mol. The first-order chi connectivity index (χ1) is 10.1. The van der Waals surface area contributed by atoms with E-state index in [4.69, 9.17) is 4.74 Å². The molecule has 0 saturated carbocycles. The van der Waals surface area contributed by atoms with E-state index in [9.17, 15) is 8.78 Å². The Morgan fingerprint density at radius 2 is 2.00 bits per heavy atom. The third-order valence-corrected chi connectivity index (χ3v) is 5.86. The normalized spacial score (nSPS) is 25.0. The molecule has 1 aromatic carbocycles. The number of nitrogens with one attached hydrogen (secondary N) is 1. The van der Waals surface area contributed by atoms with Crippen molar-refractivity contribution in [2.45, 2.75) is 37.3 Å². The molecule has 116 valence electrons. The quantitative estimate of drug-likeness (QED) is 0.761. The molecule has 2 aliphatic rings. The molecule has 3 rings (SSSR count). The SMILES string of the molecule is Fc1cc(NC2CCOC3(CCSCC3)C2)c(F)cc1Br. The number of thioether (sulfide) groups is 1. The molecule has 1 atom stereocenters.